The lowest BCUT2D eigenvalue weighted by atomic mass is 10.1. The van der Waals surface area contributed by atoms with Gasteiger partial charge in [0, 0.05) is 12.1 Å². The summed E-state index contributed by atoms with van der Waals surface area (Å²) in [6.45, 7) is 2.43. The van der Waals surface area contributed by atoms with E-state index in [9.17, 15) is 19.7 Å². The molecule has 1 aliphatic heterocycles. The summed E-state index contributed by atoms with van der Waals surface area (Å²) in [5.41, 5.74) is 3.73. The summed E-state index contributed by atoms with van der Waals surface area (Å²) in [6.07, 6.45) is 1.62. The highest BCUT2D eigenvalue weighted by Crippen LogP contribution is 2.20. The molecule has 1 aliphatic rings. The van der Waals surface area contributed by atoms with Crippen LogP contribution in [0.2, 0.25) is 0 Å². The van der Waals surface area contributed by atoms with Crippen molar-refractivity contribution in [1.29, 1.82) is 0 Å². The molecule has 3 amide bonds. The number of nitro groups is 1. The topological polar surface area (TPSA) is 102 Å². The molecule has 8 nitrogen and oxygen atoms in total. The van der Waals surface area contributed by atoms with Gasteiger partial charge in [0.2, 0.25) is 0 Å². The van der Waals surface area contributed by atoms with E-state index in [0.717, 1.165) is 22.3 Å². The third kappa shape index (κ3) is 5.24. The second kappa shape index (κ2) is 9.35. The van der Waals surface area contributed by atoms with Crippen molar-refractivity contribution in [2.45, 2.75) is 20.1 Å². The summed E-state index contributed by atoms with van der Waals surface area (Å²) >= 11 is 0. The first-order valence-corrected chi connectivity index (χ1v) is 10.3. The van der Waals surface area contributed by atoms with Crippen LogP contribution in [0.5, 0.6) is 5.75 Å². The molecule has 3 aromatic carbocycles. The molecule has 4 rings (SSSR count). The minimum Gasteiger partial charge on any atom is -0.489 e. The summed E-state index contributed by atoms with van der Waals surface area (Å²) < 4.78 is 5.71. The van der Waals surface area contributed by atoms with E-state index in [1.807, 2.05) is 31.2 Å². The maximum absolute atomic E-state index is 12.7. The summed E-state index contributed by atoms with van der Waals surface area (Å²) in [5.74, 6) is 0.235. The molecular weight excluding hydrogens is 422 g/mol. The van der Waals surface area contributed by atoms with Crippen LogP contribution in [0.15, 0.2) is 78.5 Å². The Morgan fingerprint density at radius 3 is 2.39 bits per heavy atom. The zero-order valence-electron chi connectivity index (χ0n) is 17.9. The van der Waals surface area contributed by atoms with Gasteiger partial charge in [-0.3, -0.25) is 19.8 Å². The van der Waals surface area contributed by atoms with E-state index < -0.39 is 11.0 Å². The Kier molecular flexibility index (Phi) is 6.17. The zero-order valence-corrected chi connectivity index (χ0v) is 17.9. The Hall–Kier alpha value is -4.46. The number of rotatable bonds is 7. The number of nitro benzene ring substituents is 1. The molecule has 0 radical (unpaired) electrons. The predicted molar refractivity (Wildman–Crippen MR) is 122 cm³/mol. The van der Waals surface area contributed by atoms with Crippen molar-refractivity contribution in [3.63, 3.8) is 0 Å². The molecule has 0 spiro atoms. The van der Waals surface area contributed by atoms with Gasteiger partial charge in [0.25, 0.3) is 11.6 Å². The van der Waals surface area contributed by atoms with Gasteiger partial charge < -0.3 is 10.1 Å². The lowest BCUT2D eigenvalue weighted by Gasteiger charge is -2.12. The molecular formula is C25H21N3O5. The first-order valence-electron chi connectivity index (χ1n) is 10.3. The number of non-ortho nitro benzene ring substituents is 1. The SMILES string of the molecule is Cc1cccc(CN2C(=O)N/C(=C/c3ccc(OCc4ccc([N+](=O)[O-])cc4)cc3)C2=O)c1. The van der Waals surface area contributed by atoms with E-state index in [1.165, 1.54) is 17.0 Å². The maximum atomic E-state index is 12.7. The molecule has 0 unspecified atom stereocenters. The van der Waals surface area contributed by atoms with Crippen LogP contribution in [0.4, 0.5) is 10.5 Å². The predicted octanol–water partition coefficient (Wildman–Crippen LogP) is 4.58. The van der Waals surface area contributed by atoms with E-state index in [1.54, 1.807) is 42.5 Å². The fourth-order valence-electron chi connectivity index (χ4n) is 3.42. The van der Waals surface area contributed by atoms with E-state index in [2.05, 4.69) is 5.32 Å². The van der Waals surface area contributed by atoms with Gasteiger partial charge in [0.05, 0.1) is 11.5 Å². The zero-order chi connectivity index (χ0) is 23.4. The Balaban J connectivity index is 1.38. The van der Waals surface area contributed by atoms with E-state index in [-0.39, 0.29) is 30.4 Å². The van der Waals surface area contributed by atoms with Crippen LogP contribution in [0.25, 0.3) is 6.08 Å². The number of carbonyl (C=O) groups excluding carboxylic acids is 2. The average molecular weight is 443 g/mol. The molecule has 1 fully saturated rings. The average Bonchev–Trinajstić information content (AvgIpc) is 3.06. The van der Waals surface area contributed by atoms with E-state index in [0.29, 0.717) is 5.75 Å². The highest BCUT2D eigenvalue weighted by atomic mass is 16.6. The van der Waals surface area contributed by atoms with Gasteiger partial charge in [-0.1, -0.05) is 42.0 Å². The third-order valence-electron chi connectivity index (χ3n) is 5.13. The van der Waals surface area contributed by atoms with Crippen molar-refractivity contribution >= 4 is 23.7 Å². The number of urea groups is 1. The molecule has 0 saturated carbocycles. The highest BCUT2D eigenvalue weighted by molar-refractivity contribution is 6.13. The van der Waals surface area contributed by atoms with Crippen LogP contribution in [-0.4, -0.2) is 21.8 Å². The number of nitrogens with one attached hydrogen (secondary N) is 1. The largest absolute Gasteiger partial charge is 0.489 e. The molecule has 166 valence electrons. The van der Waals surface area contributed by atoms with Gasteiger partial charge in [-0.2, -0.15) is 0 Å². The van der Waals surface area contributed by atoms with E-state index in [4.69, 9.17) is 4.74 Å². The molecule has 8 heteroatoms. The van der Waals surface area contributed by atoms with Crippen molar-refractivity contribution in [3.05, 3.63) is 111 Å². The normalized spacial score (nSPS) is 14.5. The Bertz CT molecular complexity index is 1230. The number of amides is 3. The molecule has 33 heavy (non-hydrogen) atoms. The first kappa shape index (κ1) is 21.8. The summed E-state index contributed by atoms with van der Waals surface area (Å²) in [4.78, 5) is 36.5. The smallest absolute Gasteiger partial charge is 0.329 e. The van der Waals surface area contributed by atoms with Crippen molar-refractivity contribution in [3.8, 4) is 5.75 Å². The third-order valence-corrected chi connectivity index (χ3v) is 5.13. The number of benzene rings is 3. The minimum atomic E-state index is -0.448. The van der Waals surface area contributed by atoms with Crippen LogP contribution in [0.1, 0.15) is 22.3 Å². The number of carbonyl (C=O) groups is 2. The van der Waals surface area contributed by atoms with Gasteiger partial charge in [-0.05, 0) is 54.0 Å². The number of hydrogen-bond acceptors (Lipinski definition) is 5. The molecule has 1 N–H and O–H groups in total. The Labute approximate surface area is 190 Å². The van der Waals surface area contributed by atoms with Crippen molar-refractivity contribution in [1.82, 2.24) is 10.2 Å². The fourth-order valence-corrected chi connectivity index (χ4v) is 3.42. The molecule has 1 saturated heterocycles. The molecule has 3 aromatic rings. The van der Waals surface area contributed by atoms with Gasteiger partial charge in [0.1, 0.15) is 18.1 Å². The lowest BCUT2D eigenvalue weighted by molar-refractivity contribution is -0.384. The Morgan fingerprint density at radius 2 is 1.73 bits per heavy atom. The standard InChI is InChI=1S/C25H21N3O5/c1-17-3-2-4-20(13-17)15-27-24(29)23(26-25(27)30)14-18-7-11-22(12-8-18)33-16-19-5-9-21(10-6-19)28(31)32/h2-14H,15-16H2,1H3,(H,26,30)/b23-14+. The van der Waals surface area contributed by atoms with Crippen LogP contribution in [0.3, 0.4) is 0 Å². The number of aryl methyl sites for hydroxylation is 1. The van der Waals surface area contributed by atoms with Crippen LogP contribution >= 0.6 is 0 Å². The number of imide groups is 1. The monoisotopic (exact) mass is 443 g/mol. The highest BCUT2D eigenvalue weighted by Gasteiger charge is 2.33. The Morgan fingerprint density at radius 1 is 1.00 bits per heavy atom. The van der Waals surface area contributed by atoms with Gasteiger partial charge in [-0.15, -0.1) is 0 Å². The second-order valence-corrected chi connectivity index (χ2v) is 7.65. The van der Waals surface area contributed by atoms with Crippen LogP contribution in [-0.2, 0) is 17.9 Å². The number of hydrogen-bond donors (Lipinski definition) is 1. The van der Waals surface area contributed by atoms with Crippen molar-refractivity contribution in [2.75, 3.05) is 0 Å². The van der Waals surface area contributed by atoms with Gasteiger partial charge in [-0.25, -0.2) is 4.79 Å². The van der Waals surface area contributed by atoms with Crippen molar-refractivity contribution in [2.24, 2.45) is 0 Å². The van der Waals surface area contributed by atoms with Gasteiger partial charge >= 0.3 is 6.03 Å². The number of nitrogens with zero attached hydrogens (tertiary/aromatic N) is 2. The first-order chi connectivity index (χ1) is 15.9. The summed E-state index contributed by atoms with van der Waals surface area (Å²) in [6, 6.07) is 20.5. The maximum Gasteiger partial charge on any atom is 0.329 e. The lowest BCUT2D eigenvalue weighted by Crippen LogP contribution is -2.30. The molecule has 0 atom stereocenters. The molecule has 1 heterocycles. The number of ether oxygens (including phenoxy) is 1. The van der Waals surface area contributed by atoms with E-state index >= 15 is 0 Å². The summed E-state index contributed by atoms with van der Waals surface area (Å²) in [7, 11) is 0. The fraction of sp³-hybridized carbons (Fsp3) is 0.120. The van der Waals surface area contributed by atoms with Crippen LogP contribution < -0.4 is 10.1 Å². The summed E-state index contributed by atoms with van der Waals surface area (Å²) in [5, 5.41) is 13.4. The quantitative estimate of drug-likeness (QED) is 0.249. The van der Waals surface area contributed by atoms with Gasteiger partial charge in [0.15, 0.2) is 0 Å². The second-order valence-electron chi connectivity index (χ2n) is 7.65. The van der Waals surface area contributed by atoms with Crippen LogP contribution in [0, 0.1) is 17.0 Å². The molecule has 0 bridgehead atoms. The molecule has 0 aromatic heterocycles. The van der Waals surface area contributed by atoms with Crippen molar-refractivity contribution < 1.29 is 19.2 Å². The minimum absolute atomic E-state index is 0.0298. The molecule has 0 aliphatic carbocycles.